The number of benzene rings is 4. The van der Waals surface area contributed by atoms with Crippen LogP contribution in [0.2, 0.25) is 0 Å². The zero-order chi connectivity index (χ0) is 19.8. The number of nitrogens with one attached hydrogen (secondary N) is 1. The number of amides is 1. The van der Waals surface area contributed by atoms with Crippen LogP contribution < -0.4 is 5.32 Å². The molecule has 1 heterocycles. The fourth-order valence-electron chi connectivity index (χ4n) is 3.34. The van der Waals surface area contributed by atoms with Gasteiger partial charge in [0, 0.05) is 16.8 Å². The number of oxazole rings is 1. The van der Waals surface area contributed by atoms with Crippen LogP contribution in [0.15, 0.2) is 89.3 Å². The van der Waals surface area contributed by atoms with Crippen molar-refractivity contribution in [1.82, 2.24) is 4.98 Å². The Bertz CT molecular complexity index is 1350. The maximum atomic E-state index is 13.0. The van der Waals surface area contributed by atoms with Crippen molar-refractivity contribution in [2.75, 3.05) is 5.32 Å². The summed E-state index contributed by atoms with van der Waals surface area (Å²) in [5, 5.41) is 4.98. The average molecular weight is 382 g/mol. The van der Waals surface area contributed by atoms with E-state index < -0.39 is 0 Å². The molecule has 1 amide bonds. The van der Waals surface area contributed by atoms with Gasteiger partial charge in [-0.3, -0.25) is 4.79 Å². The van der Waals surface area contributed by atoms with Gasteiger partial charge in [0.2, 0.25) is 5.89 Å². The highest BCUT2D eigenvalue weighted by Crippen LogP contribution is 2.31. The quantitative estimate of drug-likeness (QED) is 0.414. The molecule has 1 aromatic heterocycles. The van der Waals surface area contributed by atoms with Crippen molar-refractivity contribution in [3.8, 4) is 11.5 Å². The molecule has 4 aromatic carbocycles. The molecule has 1 N–H and O–H groups in total. The second-order valence-corrected chi connectivity index (χ2v) is 6.69. The van der Waals surface area contributed by atoms with Crippen LogP contribution in [0.25, 0.3) is 33.3 Å². The summed E-state index contributed by atoms with van der Waals surface area (Å²) in [5.74, 6) is -0.174. The molecule has 0 bridgehead atoms. The number of nitrogens with zero attached hydrogens (tertiary/aromatic N) is 1. The van der Waals surface area contributed by atoms with E-state index in [4.69, 9.17) is 4.42 Å². The largest absolute Gasteiger partial charge is 0.436 e. The van der Waals surface area contributed by atoms with Crippen LogP contribution in [-0.4, -0.2) is 10.9 Å². The summed E-state index contributed by atoms with van der Waals surface area (Å²) in [5.41, 5.74) is 3.15. The van der Waals surface area contributed by atoms with Gasteiger partial charge < -0.3 is 9.73 Å². The Hall–Kier alpha value is -3.99. The molecule has 140 valence electrons. The Kier molecular flexibility index (Phi) is 4.06. The second-order valence-electron chi connectivity index (χ2n) is 6.69. The summed E-state index contributed by atoms with van der Waals surface area (Å²) >= 11 is 0. The second kappa shape index (κ2) is 6.87. The number of anilines is 1. The van der Waals surface area contributed by atoms with E-state index in [2.05, 4.69) is 10.3 Å². The summed E-state index contributed by atoms with van der Waals surface area (Å²) in [6.07, 6.45) is 0. The smallest absolute Gasteiger partial charge is 0.255 e. The molecular weight excluding hydrogens is 367 g/mol. The topological polar surface area (TPSA) is 55.1 Å². The molecule has 5 heteroatoms. The molecule has 5 aromatic rings. The zero-order valence-electron chi connectivity index (χ0n) is 15.2. The van der Waals surface area contributed by atoms with Crippen LogP contribution in [0.1, 0.15) is 10.4 Å². The zero-order valence-corrected chi connectivity index (χ0v) is 15.2. The number of fused-ring (bicyclic) bond motifs is 2. The number of hydrogen-bond donors (Lipinski definition) is 1. The number of halogens is 1. The monoisotopic (exact) mass is 382 g/mol. The fraction of sp³-hybridized carbons (Fsp3) is 0. The SMILES string of the molecule is O=C(Nc1ccc2oc(-c3cccc4ccccc34)nc2c1)c1ccc(F)cc1. The van der Waals surface area contributed by atoms with Crippen LogP contribution in [0.3, 0.4) is 0 Å². The first-order valence-electron chi connectivity index (χ1n) is 9.13. The Balaban J connectivity index is 1.49. The van der Waals surface area contributed by atoms with Gasteiger partial charge in [0.15, 0.2) is 5.58 Å². The Morgan fingerprint density at radius 2 is 1.69 bits per heavy atom. The molecule has 0 fully saturated rings. The Morgan fingerprint density at radius 1 is 0.897 bits per heavy atom. The number of rotatable bonds is 3. The van der Waals surface area contributed by atoms with Crippen LogP contribution >= 0.6 is 0 Å². The molecule has 29 heavy (non-hydrogen) atoms. The number of carbonyl (C=O) groups excluding carboxylic acids is 1. The van der Waals surface area contributed by atoms with E-state index in [-0.39, 0.29) is 11.7 Å². The Labute approximate surface area is 165 Å². The Morgan fingerprint density at radius 3 is 2.55 bits per heavy atom. The lowest BCUT2D eigenvalue weighted by Crippen LogP contribution is -2.11. The van der Waals surface area contributed by atoms with Gasteiger partial charge in [-0.15, -0.1) is 0 Å². The predicted molar refractivity (Wildman–Crippen MR) is 111 cm³/mol. The summed E-state index contributed by atoms with van der Waals surface area (Å²) < 4.78 is 19.0. The van der Waals surface area contributed by atoms with Crippen molar-refractivity contribution in [2.24, 2.45) is 0 Å². The van der Waals surface area contributed by atoms with Gasteiger partial charge >= 0.3 is 0 Å². The van der Waals surface area contributed by atoms with E-state index in [0.717, 1.165) is 16.3 Å². The van der Waals surface area contributed by atoms with E-state index >= 15 is 0 Å². The molecule has 4 nitrogen and oxygen atoms in total. The first kappa shape index (κ1) is 17.1. The fourth-order valence-corrected chi connectivity index (χ4v) is 3.34. The number of hydrogen-bond acceptors (Lipinski definition) is 3. The minimum absolute atomic E-state index is 0.317. The lowest BCUT2D eigenvalue weighted by molar-refractivity contribution is 0.102. The molecule has 0 saturated heterocycles. The van der Waals surface area contributed by atoms with Crippen LogP contribution in [0.5, 0.6) is 0 Å². The van der Waals surface area contributed by atoms with Crippen molar-refractivity contribution in [1.29, 1.82) is 0 Å². The highest BCUT2D eigenvalue weighted by atomic mass is 19.1. The maximum absolute atomic E-state index is 13.0. The molecule has 0 unspecified atom stereocenters. The predicted octanol–water partition coefficient (Wildman–Crippen LogP) is 6.04. The van der Waals surface area contributed by atoms with Gasteiger partial charge in [-0.2, -0.15) is 0 Å². The van der Waals surface area contributed by atoms with Crippen molar-refractivity contribution < 1.29 is 13.6 Å². The lowest BCUT2D eigenvalue weighted by Gasteiger charge is -2.04. The van der Waals surface area contributed by atoms with E-state index in [0.29, 0.717) is 28.2 Å². The summed E-state index contributed by atoms with van der Waals surface area (Å²) in [6, 6.07) is 24.7. The van der Waals surface area contributed by atoms with Crippen molar-refractivity contribution in [2.45, 2.75) is 0 Å². The molecule has 0 saturated carbocycles. The van der Waals surface area contributed by atoms with Gasteiger partial charge in [-0.05, 0) is 59.3 Å². The first-order chi connectivity index (χ1) is 14.2. The molecule has 0 aliphatic rings. The average Bonchev–Trinajstić information content (AvgIpc) is 3.17. The van der Waals surface area contributed by atoms with Gasteiger partial charge in [0.1, 0.15) is 11.3 Å². The van der Waals surface area contributed by atoms with Crippen molar-refractivity contribution in [3.63, 3.8) is 0 Å². The minimum Gasteiger partial charge on any atom is -0.436 e. The summed E-state index contributed by atoms with van der Waals surface area (Å²) in [6.45, 7) is 0. The third kappa shape index (κ3) is 3.23. The van der Waals surface area contributed by atoms with Crippen LogP contribution in [-0.2, 0) is 0 Å². The van der Waals surface area contributed by atoms with Gasteiger partial charge in [0.25, 0.3) is 5.91 Å². The third-order valence-corrected chi connectivity index (χ3v) is 4.77. The normalized spacial score (nSPS) is 11.1. The first-order valence-corrected chi connectivity index (χ1v) is 9.13. The van der Waals surface area contributed by atoms with Crippen molar-refractivity contribution in [3.05, 3.63) is 96.3 Å². The third-order valence-electron chi connectivity index (χ3n) is 4.77. The highest BCUT2D eigenvalue weighted by molar-refractivity contribution is 6.05. The highest BCUT2D eigenvalue weighted by Gasteiger charge is 2.13. The van der Waals surface area contributed by atoms with E-state index in [1.807, 2.05) is 42.5 Å². The molecule has 0 spiro atoms. The molecule has 0 aliphatic carbocycles. The van der Waals surface area contributed by atoms with Gasteiger partial charge in [-0.25, -0.2) is 9.37 Å². The van der Waals surface area contributed by atoms with E-state index in [1.54, 1.807) is 18.2 Å². The molecule has 0 radical (unpaired) electrons. The summed E-state index contributed by atoms with van der Waals surface area (Å²) in [4.78, 5) is 17.0. The molecule has 0 atom stereocenters. The van der Waals surface area contributed by atoms with Crippen LogP contribution in [0, 0.1) is 5.82 Å². The minimum atomic E-state index is -0.383. The molecule has 5 rings (SSSR count). The van der Waals surface area contributed by atoms with Gasteiger partial charge in [0.05, 0.1) is 0 Å². The lowest BCUT2D eigenvalue weighted by atomic mass is 10.0. The summed E-state index contributed by atoms with van der Waals surface area (Å²) in [7, 11) is 0. The van der Waals surface area contributed by atoms with Crippen molar-refractivity contribution >= 4 is 33.5 Å². The van der Waals surface area contributed by atoms with E-state index in [9.17, 15) is 9.18 Å². The molecular formula is C24H15FN2O2. The molecule has 0 aliphatic heterocycles. The number of aromatic nitrogens is 1. The van der Waals surface area contributed by atoms with Gasteiger partial charge in [-0.1, -0.05) is 36.4 Å². The standard InChI is InChI=1S/C24H15FN2O2/c25-17-10-8-16(9-11-17)23(28)26-18-12-13-22-21(14-18)27-24(29-22)20-7-3-5-15-4-1-2-6-19(15)20/h1-14H,(H,26,28). The van der Waals surface area contributed by atoms with Crippen LogP contribution in [0.4, 0.5) is 10.1 Å². The van der Waals surface area contributed by atoms with E-state index in [1.165, 1.54) is 24.3 Å². The number of carbonyl (C=O) groups is 1. The maximum Gasteiger partial charge on any atom is 0.255 e.